The van der Waals surface area contributed by atoms with E-state index in [-0.39, 0.29) is 24.0 Å². The first-order valence-corrected chi connectivity index (χ1v) is 7.33. The number of amides is 1. The first-order valence-electron chi connectivity index (χ1n) is 7.33. The van der Waals surface area contributed by atoms with Crippen LogP contribution in [-0.2, 0) is 15.2 Å². The van der Waals surface area contributed by atoms with Crippen molar-refractivity contribution in [1.29, 1.82) is 0 Å². The molecule has 1 atom stereocenters. The van der Waals surface area contributed by atoms with Crippen molar-refractivity contribution in [3.63, 3.8) is 0 Å². The van der Waals surface area contributed by atoms with Crippen molar-refractivity contribution in [1.82, 2.24) is 0 Å². The average Bonchev–Trinajstić information content (AvgIpc) is 2.55. The number of anilines is 1. The number of nitrogens with zero attached hydrogens (tertiary/aromatic N) is 1. The first-order chi connectivity index (χ1) is 9.68. The fourth-order valence-corrected chi connectivity index (χ4v) is 3.16. The molecule has 0 spiro atoms. The summed E-state index contributed by atoms with van der Waals surface area (Å²) in [6, 6.07) is 3.85. The number of benzene rings is 1. The van der Waals surface area contributed by atoms with E-state index in [1.54, 1.807) is 4.90 Å². The summed E-state index contributed by atoms with van der Waals surface area (Å²) in [5, 5.41) is 11.0. The van der Waals surface area contributed by atoms with E-state index >= 15 is 0 Å². The lowest BCUT2D eigenvalue weighted by molar-refractivity contribution is -0.141. The predicted octanol–water partition coefficient (Wildman–Crippen LogP) is 2.47. The summed E-state index contributed by atoms with van der Waals surface area (Å²) in [6.45, 7) is 9.80. The predicted molar refractivity (Wildman–Crippen MR) is 82.3 cm³/mol. The van der Waals surface area contributed by atoms with Gasteiger partial charge in [-0.15, -0.1) is 0 Å². The van der Waals surface area contributed by atoms with E-state index in [2.05, 4.69) is 0 Å². The molecule has 114 valence electrons. The average molecular weight is 289 g/mol. The van der Waals surface area contributed by atoms with Gasteiger partial charge in [-0.3, -0.25) is 9.59 Å². The number of carbonyl (C=O) groups is 2. The van der Waals surface area contributed by atoms with Gasteiger partial charge in [-0.05, 0) is 37.8 Å². The molecule has 21 heavy (non-hydrogen) atoms. The topological polar surface area (TPSA) is 57.6 Å². The highest BCUT2D eigenvalue weighted by Gasteiger charge is 2.51. The molecule has 0 bridgehead atoms. The maximum atomic E-state index is 12.8. The maximum absolute atomic E-state index is 12.8. The van der Waals surface area contributed by atoms with E-state index in [0.29, 0.717) is 12.1 Å². The standard InChI is InChI=1S/C17H23NO3/c1-10(2)9-18-15-12(4)7-6-11(3)14(15)17(21,16(18)20)8-13(5)19/h6-7,10,21H,8-9H2,1-5H3. The van der Waals surface area contributed by atoms with Crippen molar-refractivity contribution >= 4 is 17.4 Å². The van der Waals surface area contributed by atoms with Crippen LogP contribution >= 0.6 is 0 Å². The lowest BCUT2D eigenvalue weighted by Gasteiger charge is -2.23. The number of ketones is 1. The van der Waals surface area contributed by atoms with E-state index in [9.17, 15) is 14.7 Å². The SMILES string of the molecule is CC(=O)CC1(O)C(=O)N(CC(C)C)c2c(C)ccc(C)c21. The lowest BCUT2D eigenvalue weighted by Crippen LogP contribution is -2.43. The number of aryl methyl sites for hydroxylation is 2. The van der Waals surface area contributed by atoms with Crippen LogP contribution in [0.2, 0.25) is 0 Å². The second-order valence-corrected chi connectivity index (χ2v) is 6.47. The molecule has 0 aliphatic carbocycles. The molecule has 1 heterocycles. The van der Waals surface area contributed by atoms with Crippen molar-refractivity contribution < 1.29 is 14.7 Å². The van der Waals surface area contributed by atoms with Gasteiger partial charge in [-0.1, -0.05) is 26.0 Å². The Morgan fingerprint density at radius 1 is 1.29 bits per heavy atom. The molecule has 1 aliphatic heterocycles. The van der Waals surface area contributed by atoms with E-state index in [1.165, 1.54) is 6.92 Å². The number of hydrogen-bond acceptors (Lipinski definition) is 3. The Morgan fingerprint density at radius 2 is 1.86 bits per heavy atom. The third-order valence-corrected chi connectivity index (χ3v) is 3.92. The van der Waals surface area contributed by atoms with Gasteiger partial charge in [0.15, 0.2) is 5.60 Å². The highest BCUT2D eigenvalue weighted by atomic mass is 16.3. The fourth-order valence-electron chi connectivity index (χ4n) is 3.16. The lowest BCUT2D eigenvalue weighted by atomic mass is 9.86. The molecular weight excluding hydrogens is 266 g/mol. The summed E-state index contributed by atoms with van der Waals surface area (Å²) in [4.78, 5) is 26.0. The molecular formula is C17H23NO3. The zero-order valence-corrected chi connectivity index (χ0v) is 13.4. The number of aliphatic hydroxyl groups is 1. The van der Waals surface area contributed by atoms with Crippen LogP contribution in [0.3, 0.4) is 0 Å². The van der Waals surface area contributed by atoms with Gasteiger partial charge < -0.3 is 10.0 Å². The Bertz CT molecular complexity index is 606. The van der Waals surface area contributed by atoms with Gasteiger partial charge in [0, 0.05) is 18.5 Å². The van der Waals surface area contributed by atoms with E-state index in [0.717, 1.165) is 16.8 Å². The Kier molecular flexibility index (Phi) is 3.93. The molecule has 1 N–H and O–H groups in total. The Morgan fingerprint density at radius 3 is 2.38 bits per heavy atom. The molecule has 0 saturated carbocycles. The first kappa shape index (κ1) is 15.7. The second kappa shape index (κ2) is 5.26. The van der Waals surface area contributed by atoms with Crippen molar-refractivity contribution in [2.45, 2.75) is 46.6 Å². The van der Waals surface area contributed by atoms with Crippen LogP contribution in [0.5, 0.6) is 0 Å². The van der Waals surface area contributed by atoms with Crippen LogP contribution in [-0.4, -0.2) is 23.3 Å². The van der Waals surface area contributed by atoms with Crippen LogP contribution in [0.1, 0.15) is 43.9 Å². The summed E-state index contributed by atoms with van der Waals surface area (Å²) < 4.78 is 0. The number of hydrogen-bond donors (Lipinski definition) is 1. The molecule has 0 radical (unpaired) electrons. The monoisotopic (exact) mass is 289 g/mol. The Hall–Kier alpha value is -1.68. The van der Waals surface area contributed by atoms with Crippen molar-refractivity contribution in [3.8, 4) is 0 Å². The van der Waals surface area contributed by atoms with E-state index < -0.39 is 5.60 Å². The summed E-state index contributed by atoms with van der Waals surface area (Å²) in [5.74, 6) is -0.288. The summed E-state index contributed by atoms with van der Waals surface area (Å²) in [7, 11) is 0. The molecule has 4 heteroatoms. The molecule has 1 unspecified atom stereocenters. The van der Waals surface area contributed by atoms with Crippen LogP contribution in [0, 0.1) is 19.8 Å². The molecule has 1 amide bonds. The third kappa shape index (κ3) is 2.48. The van der Waals surface area contributed by atoms with Crippen molar-refractivity contribution in [2.24, 2.45) is 5.92 Å². The minimum absolute atomic E-state index is 0.169. The summed E-state index contributed by atoms with van der Waals surface area (Å²) >= 11 is 0. The van der Waals surface area contributed by atoms with Gasteiger partial charge in [0.25, 0.3) is 5.91 Å². The highest BCUT2D eigenvalue weighted by Crippen LogP contribution is 2.46. The van der Waals surface area contributed by atoms with Crippen LogP contribution in [0.25, 0.3) is 0 Å². The molecule has 1 aromatic carbocycles. The largest absolute Gasteiger partial charge is 0.375 e. The molecule has 1 aliphatic rings. The maximum Gasteiger partial charge on any atom is 0.264 e. The van der Waals surface area contributed by atoms with Crippen molar-refractivity contribution in [3.05, 3.63) is 28.8 Å². The fraction of sp³-hybridized carbons (Fsp3) is 0.529. The van der Waals surface area contributed by atoms with Gasteiger partial charge in [-0.25, -0.2) is 0 Å². The molecule has 4 nitrogen and oxygen atoms in total. The zero-order valence-electron chi connectivity index (χ0n) is 13.4. The van der Waals surface area contributed by atoms with E-state index in [1.807, 2.05) is 39.8 Å². The smallest absolute Gasteiger partial charge is 0.264 e. The van der Waals surface area contributed by atoms with Gasteiger partial charge >= 0.3 is 0 Å². The molecule has 0 aromatic heterocycles. The zero-order chi connectivity index (χ0) is 15.9. The van der Waals surface area contributed by atoms with Gasteiger partial charge in [0.2, 0.25) is 0 Å². The molecule has 2 rings (SSSR count). The highest BCUT2D eigenvalue weighted by molar-refractivity contribution is 6.09. The van der Waals surface area contributed by atoms with Crippen LogP contribution in [0.15, 0.2) is 12.1 Å². The van der Waals surface area contributed by atoms with Gasteiger partial charge in [-0.2, -0.15) is 0 Å². The van der Waals surface area contributed by atoms with Crippen molar-refractivity contribution in [2.75, 3.05) is 11.4 Å². The van der Waals surface area contributed by atoms with Crippen LogP contribution < -0.4 is 4.90 Å². The Balaban J connectivity index is 2.67. The number of Topliss-reactive ketones (excluding diaryl/α,β-unsaturated/α-hetero) is 1. The van der Waals surface area contributed by atoms with Gasteiger partial charge in [0.1, 0.15) is 5.78 Å². The molecule has 0 fully saturated rings. The summed E-state index contributed by atoms with van der Waals surface area (Å²) in [6.07, 6.45) is -0.169. The number of carbonyl (C=O) groups excluding carboxylic acids is 2. The quantitative estimate of drug-likeness (QED) is 0.926. The molecule has 1 aromatic rings. The summed E-state index contributed by atoms with van der Waals surface area (Å²) in [5.41, 5.74) is 1.45. The second-order valence-electron chi connectivity index (χ2n) is 6.47. The minimum atomic E-state index is -1.72. The Labute approximate surface area is 125 Å². The van der Waals surface area contributed by atoms with E-state index in [4.69, 9.17) is 0 Å². The molecule has 0 saturated heterocycles. The van der Waals surface area contributed by atoms with Gasteiger partial charge in [0.05, 0.1) is 5.69 Å². The minimum Gasteiger partial charge on any atom is -0.375 e. The number of fused-ring (bicyclic) bond motifs is 1. The normalized spacial score (nSPS) is 21.1. The van der Waals surface area contributed by atoms with Crippen LogP contribution in [0.4, 0.5) is 5.69 Å². The number of rotatable bonds is 4. The third-order valence-electron chi connectivity index (χ3n) is 3.92.